The van der Waals surface area contributed by atoms with Gasteiger partial charge in [-0.1, -0.05) is 24.3 Å². The average Bonchev–Trinajstić information content (AvgIpc) is 2.77. The van der Waals surface area contributed by atoms with Gasteiger partial charge in [0.1, 0.15) is 0 Å². The van der Waals surface area contributed by atoms with Crippen molar-refractivity contribution in [2.24, 2.45) is 0 Å². The molecule has 0 spiro atoms. The van der Waals surface area contributed by atoms with Crippen LogP contribution in [0.25, 0.3) is 27.5 Å². The summed E-state index contributed by atoms with van der Waals surface area (Å²) in [5.41, 5.74) is 10.3. The summed E-state index contributed by atoms with van der Waals surface area (Å²) in [7, 11) is 0. The van der Waals surface area contributed by atoms with E-state index in [9.17, 15) is 0 Å². The van der Waals surface area contributed by atoms with E-state index in [-0.39, 0.29) is 12.4 Å². The highest BCUT2D eigenvalue weighted by molar-refractivity contribution is 5.98. The first-order chi connectivity index (χ1) is 9.24. The number of hydrogen-bond acceptors (Lipinski definition) is 3. The fourth-order valence-electron chi connectivity index (χ4n) is 2.56. The summed E-state index contributed by atoms with van der Waals surface area (Å²) >= 11 is 0. The fraction of sp³-hybridized carbons (Fsp3) is 0.0667. The number of fused-ring (bicyclic) bond motifs is 5. The topological polar surface area (TPSA) is 56.2 Å². The SMILES string of the molecule is Cc1nn2c3ccc(N)cc3nc2c2ccccc12.Cl. The van der Waals surface area contributed by atoms with Crippen LogP contribution in [0, 0.1) is 6.92 Å². The Morgan fingerprint density at radius 2 is 1.80 bits per heavy atom. The quantitative estimate of drug-likeness (QED) is 0.504. The molecule has 4 nitrogen and oxygen atoms in total. The van der Waals surface area contributed by atoms with Crippen LogP contribution < -0.4 is 5.73 Å². The van der Waals surface area contributed by atoms with Crippen LogP contribution in [-0.4, -0.2) is 14.6 Å². The molecule has 0 atom stereocenters. The molecule has 2 N–H and O–H groups in total. The molecule has 0 aliphatic rings. The molecule has 100 valence electrons. The molecular weight excluding hydrogens is 272 g/mol. The van der Waals surface area contributed by atoms with Crippen molar-refractivity contribution in [2.45, 2.75) is 6.92 Å². The zero-order valence-electron chi connectivity index (χ0n) is 10.9. The van der Waals surface area contributed by atoms with E-state index in [0.29, 0.717) is 0 Å². The maximum absolute atomic E-state index is 5.82. The Hall–Kier alpha value is -2.33. The van der Waals surface area contributed by atoms with Gasteiger partial charge >= 0.3 is 0 Å². The zero-order chi connectivity index (χ0) is 13.0. The van der Waals surface area contributed by atoms with Crippen molar-refractivity contribution in [3.05, 3.63) is 48.2 Å². The van der Waals surface area contributed by atoms with E-state index in [1.807, 2.05) is 41.8 Å². The van der Waals surface area contributed by atoms with Crippen LogP contribution in [0.15, 0.2) is 42.5 Å². The minimum absolute atomic E-state index is 0. The molecule has 20 heavy (non-hydrogen) atoms. The Kier molecular flexibility index (Phi) is 2.76. The summed E-state index contributed by atoms with van der Waals surface area (Å²) in [4.78, 5) is 4.67. The van der Waals surface area contributed by atoms with Crippen molar-refractivity contribution in [3.8, 4) is 0 Å². The number of aromatic nitrogens is 3. The van der Waals surface area contributed by atoms with Crippen molar-refractivity contribution < 1.29 is 0 Å². The molecule has 0 unspecified atom stereocenters. The van der Waals surface area contributed by atoms with E-state index in [2.05, 4.69) is 22.2 Å². The summed E-state index contributed by atoms with van der Waals surface area (Å²) < 4.78 is 1.90. The Labute approximate surface area is 121 Å². The lowest BCUT2D eigenvalue weighted by molar-refractivity contribution is 0.942. The van der Waals surface area contributed by atoms with Gasteiger partial charge in [0.25, 0.3) is 0 Å². The number of imidazole rings is 1. The van der Waals surface area contributed by atoms with Crippen LogP contribution in [0.2, 0.25) is 0 Å². The molecule has 4 rings (SSSR count). The van der Waals surface area contributed by atoms with Crippen molar-refractivity contribution in [1.29, 1.82) is 0 Å². The minimum Gasteiger partial charge on any atom is -0.399 e. The number of nitrogens with zero attached hydrogens (tertiary/aromatic N) is 3. The molecule has 0 saturated heterocycles. The van der Waals surface area contributed by atoms with Crippen LogP contribution in [0.4, 0.5) is 5.69 Å². The van der Waals surface area contributed by atoms with Crippen LogP contribution in [0.1, 0.15) is 5.69 Å². The van der Waals surface area contributed by atoms with Crippen molar-refractivity contribution in [2.75, 3.05) is 5.73 Å². The average molecular weight is 285 g/mol. The van der Waals surface area contributed by atoms with Crippen LogP contribution in [0.3, 0.4) is 0 Å². The molecule has 0 radical (unpaired) electrons. The number of benzene rings is 2. The first-order valence-corrected chi connectivity index (χ1v) is 6.17. The summed E-state index contributed by atoms with van der Waals surface area (Å²) in [6.07, 6.45) is 0. The lowest BCUT2D eigenvalue weighted by Crippen LogP contribution is -1.96. The van der Waals surface area contributed by atoms with Gasteiger partial charge in [0.05, 0.1) is 16.7 Å². The van der Waals surface area contributed by atoms with Gasteiger partial charge < -0.3 is 5.73 Å². The number of aryl methyl sites for hydroxylation is 1. The summed E-state index contributed by atoms with van der Waals surface area (Å²) in [6, 6.07) is 13.9. The molecule has 4 aromatic rings. The van der Waals surface area contributed by atoms with E-state index in [1.54, 1.807) is 0 Å². The van der Waals surface area contributed by atoms with E-state index >= 15 is 0 Å². The van der Waals surface area contributed by atoms with Gasteiger partial charge in [0.15, 0.2) is 5.65 Å². The maximum Gasteiger partial charge on any atom is 0.162 e. The second-order valence-corrected chi connectivity index (χ2v) is 4.73. The standard InChI is InChI=1S/C15H12N4.ClH/c1-9-11-4-2-3-5-12(11)15-17-13-8-10(16)6-7-14(13)19(15)18-9;/h2-8H,16H2,1H3;1H. The largest absolute Gasteiger partial charge is 0.399 e. The predicted octanol–water partition coefficient (Wildman–Crippen LogP) is 3.35. The highest BCUT2D eigenvalue weighted by Crippen LogP contribution is 2.25. The molecule has 2 heterocycles. The second kappa shape index (κ2) is 4.35. The van der Waals surface area contributed by atoms with E-state index in [1.165, 1.54) is 0 Å². The first kappa shape index (κ1) is 12.7. The monoisotopic (exact) mass is 284 g/mol. The number of rotatable bonds is 0. The third-order valence-corrected chi connectivity index (χ3v) is 3.46. The highest BCUT2D eigenvalue weighted by atomic mass is 35.5. The van der Waals surface area contributed by atoms with Crippen molar-refractivity contribution in [1.82, 2.24) is 14.6 Å². The number of nitrogen functional groups attached to an aromatic ring is 1. The Morgan fingerprint density at radius 1 is 1.05 bits per heavy atom. The predicted molar refractivity (Wildman–Crippen MR) is 84.4 cm³/mol. The van der Waals surface area contributed by atoms with E-state index < -0.39 is 0 Å². The molecule has 0 aliphatic carbocycles. The molecule has 2 aromatic heterocycles. The molecule has 0 bridgehead atoms. The lowest BCUT2D eigenvalue weighted by atomic mass is 10.1. The van der Waals surface area contributed by atoms with Crippen molar-refractivity contribution in [3.63, 3.8) is 0 Å². The lowest BCUT2D eigenvalue weighted by Gasteiger charge is -2.03. The first-order valence-electron chi connectivity index (χ1n) is 6.17. The van der Waals surface area contributed by atoms with Gasteiger partial charge in [0.2, 0.25) is 0 Å². The molecule has 0 amide bonds. The molecule has 0 saturated carbocycles. The molecule has 2 aromatic carbocycles. The Bertz CT molecular complexity index is 943. The summed E-state index contributed by atoms with van der Waals surface area (Å²) in [5, 5.41) is 6.89. The maximum atomic E-state index is 5.82. The van der Waals surface area contributed by atoms with E-state index in [0.717, 1.165) is 38.8 Å². The van der Waals surface area contributed by atoms with Crippen LogP contribution in [0.5, 0.6) is 0 Å². The van der Waals surface area contributed by atoms with Crippen LogP contribution >= 0.6 is 12.4 Å². The molecule has 5 heteroatoms. The number of nitrogens with two attached hydrogens (primary N) is 1. The smallest absolute Gasteiger partial charge is 0.162 e. The summed E-state index contributed by atoms with van der Waals surface area (Å²) in [5.74, 6) is 0. The van der Waals surface area contributed by atoms with Gasteiger partial charge in [-0.2, -0.15) is 5.10 Å². The van der Waals surface area contributed by atoms with Gasteiger partial charge in [-0.05, 0) is 25.1 Å². The number of hydrogen-bond donors (Lipinski definition) is 1. The van der Waals surface area contributed by atoms with Gasteiger partial charge in [0, 0.05) is 16.5 Å². The number of anilines is 1. The Morgan fingerprint density at radius 3 is 2.60 bits per heavy atom. The number of halogens is 1. The molecule has 0 fully saturated rings. The fourth-order valence-corrected chi connectivity index (χ4v) is 2.56. The normalized spacial score (nSPS) is 11.1. The van der Waals surface area contributed by atoms with E-state index in [4.69, 9.17) is 5.73 Å². The second-order valence-electron chi connectivity index (χ2n) is 4.73. The zero-order valence-corrected chi connectivity index (χ0v) is 11.7. The minimum atomic E-state index is 0. The van der Waals surface area contributed by atoms with Crippen LogP contribution in [-0.2, 0) is 0 Å². The van der Waals surface area contributed by atoms with Gasteiger partial charge in [-0.3, -0.25) is 0 Å². The third kappa shape index (κ3) is 1.62. The summed E-state index contributed by atoms with van der Waals surface area (Å²) in [6.45, 7) is 2.02. The molecule has 0 aliphatic heterocycles. The highest BCUT2D eigenvalue weighted by Gasteiger charge is 2.10. The van der Waals surface area contributed by atoms with Gasteiger partial charge in [-0.25, -0.2) is 9.50 Å². The Balaban J connectivity index is 0.00000121. The van der Waals surface area contributed by atoms with Gasteiger partial charge in [-0.15, -0.1) is 12.4 Å². The third-order valence-electron chi connectivity index (χ3n) is 3.46. The van der Waals surface area contributed by atoms with Crippen molar-refractivity contribution >= 4 is 45.5 Å². The molecular formula is C15H13ClN4.